The Bertz CT molecular complexity index is 1510. The van der Waals surface area contributed by atoms with Crippen molar-refractivity contribution in [2.45, 2.75) is 76.0 Å². The van der Waals surface area contributed by atoms with Crippen molar-refractivity contribution < 1.29 is 14.3 Å². The number of pyridine rings is 1. The third kappa shape index (κ3) is 5.57. The van der Waals surface area contributed by atoms with Crippen LogP contribution in [0.5, 0.6) is 11.8 Å². The monoisotopic (exact) mass is 598 g/mol. The van der Waals surface area contributed by atoms with Crippen molar-refractivity contribution in [2.24, 2.45) is 17.8 Å². The third-order valence-electron chi connectivity index (χ3n) is 10.5. The predicted octanol–water partition coefficient (Wildman–Crippen LogP) is 4.98. The number of amides is 1. The van der Waals surface area contributed by atoms with Gasteiger partial charge in [-0.3, -0.25) is 4.79 Å². The molecule has 4 fully saturated rings. The predicted molar refractivity (Wildman–Crippen MR) is 165 cm³/mol. The van der Waals surface area contributed by atoms with Gasteiger partial charge in [0.2, 0.25) is 23.6 Å². The summed E-state index contributed by atoms with van der Waals surface area (Å²) in [4.78, 5) is 41.6. The molecule has 3 saturated carbocycles. The third-order valence-corrected chi connectivity index (χ3v) is 10.5. The largest absolute Gasteiger partial charge is 0.481 e. The molecule has 4 aliphatic rings. The second kappa shape index (κ2) is 12.2. The molecule has 0 aromatic carbocycles. The minimum Gasteiger partial charge on any atom is -0.481 e. The lowest BCUT2D eigenvalue weighted by Gasteiger charge is -2.51. The first-order valence-electron chi connectivity index (χ1n) is 16.2. The number of likely N-dealkylation sites (tertiary alicyclic amines) is 1. The maximum atomic E-state index is 11.9. The Morgan fingerprint density at radius 1 is 0.841 bits per heavy atom. The van der Waals surface area contributed by atoms with Crippen LogP contribution >= 0.6 is 0 Å². The number of nitrogens with one attached hydrogen (secondary N) is 1. The number of carbonyl (C=O) groups is 1. The molecule has 1 saturated heterocycles. The molecule has 0 spiro atoms. The number of fused-ring (bicyclic) bond motifs is 1. The van der Waals surface area contributed by atoms with Crippen LogP contribution in [-0.2, 0) is 4.79 Å². The van der Waals surface area contributed by atoms with Gasteiger partial charge in [0, 0.05) is 44.5 Å². The van der Waals surface area contributed by atoms with Crippen LogP contribution in [0.1, 0.15) is 93.0 Å². The van der Waals surface area contributed by atoms with Crippen LogP contribution in [0.25, 0.3) is 11.4 Å². The van der Waals surface area contributed by atoms with Gasteiger partial charge in [-0.1, -0.05) is 6.07 Å². The fraction of sp³-hybridized carbons (Fsp3) is 0.606. The van der Waals surface area contributed by atoms with Crippen molar-refractivity contribution in [3.8, 4) is 23.1 Å². The molecule has 1 N–H and O–H groups in total. The molecule has 3 aromatic rings. The van der Waals surface area contributed by atoms with Crippen LogP contribution in [0, 0.1) is 17.8 Å². The molecule has 44 heavy (non-hydrogen) atoms. The minimum atomic E-state index is 0.172. The molecule has 232 valence electrons. The van der Waals surface area contributed by atoms with Crippen molar-refractivity contribution in [3.05, 3.63) is 41.7 Å². The number of methoxy groups -OCH3 is 2. The Morgan fingerprint density at radius 2 is 1.64 bits per heavy atom. The molecule has 0 radical (unpaired) electrons. The number of anilines is 1. The molecule has 11 heteroatoms. The van der Waals surface area contributed by atoms with E-state index in [1.165, 1.54) is 24.1 Å². The van der Waals surface area contributed by atoms with E-state index >= 15 is 0 Å². The summed E-state index contributed by atoms with van der Waals surface area (Å²) >= 11 is 0. The summed E-state index contributed by atoms with van der Waals surface area (Å²) < 4.78 is 11.2. The lowest BCUT2D eigenvalue weighted by Crippen LogP contribution is -2.44. The SMILES string of the molecule is COc1ccc(C2CCN(C(C)=O)CC2)c(C2CCC(CNc3ncnc(-c4c(OC)ncnc4C4CC4)n3)C3CCC23)n1. The van der Waals surface area contributed by atoms with E-state index in [2.05, 4.69) is 31.3 Å². The van der Waals surface area contributed by atoms with Crippen molar-refractivity contribution in [2.75, 3.05) is 39.2 Å². The number of nitrogens with zero attached hydrogens (tertiary/aromatic N) is 7. The molecule has 1 aliphatic heterocycles. The molecule has 4 unspecified atom stereocenters. The number of carbonyl (C=O) groups excluding carboxylic acids is 1. The first kappa shape index (κ1) is 28.9. The van der Waals surface area contributed by atoms with E-state index in [-0.39, 0.29) is 5.91 Å². The van der Waals surface area contributed by atoms with Gasteiger partial charge in [0.15, 0.2) is 5.82 Å². The Morgan fingerprint density at radius 3 is 2.34 bits per heavy atom. The average molecular weight is 599 g/mol. The van der Waals surface area contributed by atoms with Crippen LogP contribution in [-0.4, -0.2) is 74.6 Å². The summed E-state index contributed by atoms with van der Waals surface area (Å²) in [6, 6.07) is 4.26. The van der Waals surface area contributed by atoms with Gasteiger partial charge in [0.25, 0.3) is 0 Å². The van der Waals surface area contributed by atoms with E-state index in [1.807, 2.05) is 11.0 Å². The van der Waals surface area contributed by atoms with Gasteiger partial charge in [-0.25, -0.2) is 24.9 Å². The van der Waals surface area contributed by atoms with Gasteiger partial charge >= 0.3 is 0 Å². The zero-order chi connectivity index (χ0) is 30.2. The van der Waals surface area contributed by atoms with E-state index in [0.29, 0.717) is 59.0 Å². The fourth-order valence-electron chi connectivity index (χ4n) is 7.92. The second-order valence-electron chi connectivity index (χ2n) is 12.9. The maximum absolute atomic E-state index is 11.9. The number of hydrogen-bond donors (Lipinski definition) is 1. The van der Waals surface area contributed by atoms with Crippen molar-refractivity contribution in [1.29, 1.82) is 0 Å². The standard InChI is InChI=1S/C33H42N8O3/c1-19(42)41-14-12-20(13-15-41)24-10-11-27(43-2)39-30(24)26-7-6-22(23-8-9-25(23)26)16-34-33-38-18-36-31(40-33)28-29(21-4-5-21)35-17-37-32(28)44-3/h10-11,17-18,20-23,25-26H,4-9,12-16H2,1-3H3,(H,34,36,38,40). The first-order valence-corrected chi connectivity index (χ1v) is 16.2. The maximum Gasteiger partial charge on any atom is 0.227 e. The van der Waals surface area contributed by atoms with Gasteiger partial charge in [-0.15, -0.1) is 0 Å². The quantitative estimate of drug-likeness (QED) is 0.360. The zero-order valence-corrected chi connectivity index (χ0v) is 25.9. The van der Waals surface area contributed by atoms with Crippen LogP contribution < -0.4 is 14.8 Å². The van der Waals surface area contributed by atoms with Crippen LogP contribution in [0.2, 0.25) is 0 Å². The highest BCUT2D eigenvalue weighted by atomic mass is 16.5. The van der Waals surface area contributed by atoms with Crippen molar-refractivity contribution >= 4 is 11.9 Å². The molecule has 4 heterocycles. The topological polar surface area (TPSA) is 128 Å². The fourth-order valence-corrected chi connectivity index (χ4v) is 7.92. The van der Waals surface area contributed by atoms with Gasteiger partial charge < -0.3 is 19.7 Å². The number of hydrogen-bond acceptors (Lipinski definition) is 10. The zero-order valence-electron chi connectivity index (χ0n) is 25.9. The number of ether oxygens (including phenoxy) is 2. The lowest BCUT2D eigenvalue weighted by molar-refractivity contribution is -0.129. The highest BCUT2D eigenvalue weighted by molar-refractivity contribution is 5.73. The Kier molecular flexibility index (Phi) is 8.03. The molecule has 3 aliphatic carbocycles. The van der Waals surface area contributed by atoms with Crippen molar-refractivity contribution in [1.82, 2.24) is 34.8 Å². The summed E-state index contributed by atoms with van der Waals surface area (Å²) in [5.41, 5.74) is 4.33. The van der Waals surface area contributed by atoms with E-state index < -0.39 is 0 Å². The van der Waals surface area contributed by atoms with Crippen molar-refractivity contribution in [3.63, 3.8) is 0 Å². The molecule has 4 atom stereocenters. The molecule has 1 amide bonds. The van der Waals surface area contributed by atoms with E-state index in [1.54, 1.807) is 33.8 Å². The number of rotatable bonds is 9. The Labute approximate surface area is 258 Å². The van der Waals surface area contributed by atoms with Gasteiger partial charge in [0.05, 0.1) is 25.6 Å². The molecule has 7 rings (SSSR count). The summed E-state index contributed by atoms with van der Waals surface area (Å²) in [5.74, 6) is 5.60. The highest BCUT2D eigenvalue weighted by Gasteiger charge is 2.46. The number of aromatic nitrogens is 6. The molecule has 11 nitrogen and oxygen atoms in total. The first-order chi connectivity index (χ1) is 21.5. The van der Waals surface area contributed by atoms with E-state index in [0.717, 1.165) is 69.4 Å². The van der Waals surface area contributed by atoms with E-state index in [9.17, 15) is 4.79 Å². The molecular formula is C33H42N8O3. The average Bonchev–Trinajstić information content (AvgIpc) is 3.89. The lowest BCUT2D eigenvalue weighted by atomic mass is 9.55. The summed E-state index contributed by atoms with van der Waals surface area (Å²) in [6.45, 7) is 4.14. The van der Waals surface area contributed by atoms with Crippen LogP contribution in [0.4, 0.5) is 5.95 Å². The molecule has 3 aromatic heterocycles. The highest BCUT2D eigenvalue weighted by Crippen LogP contribution is 2.55. The minimum absolute atomic E-state index is 0.172. The molecular weight excluding hydrogens is 556 g/mol. The summed E-state index contributed by atoms with van der Waals surface area (Å²) in [7, 11) is 3.32. The summed E-state index contributed by atoms with van der Waals surface area (Å²) in [5, 5.41) is 3.55. The van der Waals surface area contributed by atoms with Crippen LogP contribution in [0.3, 0.4) is 0 Å². The second-order valence-corrected chi connectivity index (χ2v) is 12.9. The Balaban J connectivity index is 1.05. The van der Waals surface area contributed by atoms with E-state index in [4.69, 9.17) is 19.4 Å². The smallest absolute Gasteiger partial charge is 0.227 e. The van der Waals surface area contributed by atoms with Gasteiger partial charge in [-0.2, -0.15) is 4.98 Å². The normalized spacial score (nSPS) is 25.1. The summed E-state index contributed by atoms with van der Waals surface area (Å²) in [6.07, 6.45) is 12.0. The van der Waals surface area contributed by atoms with Gasteiger partial charge in [-0.05, 0) is 80.6 Å². The van der Waals surface area contributed by atoms with Crippen LogP contribution in [0.15, 0.2) is 24.8 Å². The molecule has 0 bridgehead atoms. The van der Waals surface area contributed by atoms with Gasteiger partial charge in [0.1, 0.15) is 18.2 Å². The Hall–Kier alpha value is -3.89. The number of piperidine rings is 1.